The number of nitrogens with two attached hydrogens (primary N) is 1. The Bertz CT molecular complexity index is 609. The molecule has 1 unspecified atom stereocenters. The maximum absolute atomic E-state index is 11.8. The van der Waals surface area contributed by atoms with Crippen molar-refractivity contribution in [3.63, 3.8) is 0 Å². The van der Waals surface area contributed by atoms with Gasteiger partial charge in [0.2, 0.25) is 0 Å². The second-order valence-electron chi connectivity index (χ2n) is 4.37. The number of pyridine rings is 1. The molecule has 0 saturated carbocycles. The van der Waals surface area contributed by atoms with E-state index in [1.807, 2.05) is 0 Å². The quantitative estimate of drug-likeness (QED) is 0.744. The fraction of sp³-hybridized carbons (Fsp3) is 0.364. The van der Waals surface area contributed by atoms with Crippen molar-refractivity contribution in [2.75, 3.05) is 11.5 Å². The predicted octanol–water partition coefficient (Wildman–Crippen LogP) is -0.903. The Morgan fingerprint density at radius 3 is 2.58 bits per heavy atom. The van der Waals surface area contributed by atoms with Crippen LogP contribution in [-0.2, 0) is 9.84 Å². The predicted molar refractivity (Wildman–Crippen MR) is 67.3 cm³/mol. The van der Waals surface area contributed by atoms with Crippen LogP contribution in [0.15, 0.2) is 18.3 Å². The third-order valence-corrected chi connectivity index (χ3v) is 4.61. The first-order chi connectivity index (χ1) is 8.87. The number of carbonyl (C=O) groups excluding carboxylic acids is 2. The third kappa shape index (κ3) is 3.28. The van der Waals surface area contributed by atoms with Crippen molar-refractivity contribution in [2.24, 2.45) is 5.73 Å². The number of carbonyl (C=O) groups is 2. The molecule has 0 aliphatic carbocycles. The van der Waals surface area contributed by atoms with Crippen molar-refractivity contribution in [3.05, 3.63) is 29.6 Å². The zero-order chi connectivity index (χ0) is 14.0. The molecule has 102 valence electrons. The summed E-state index contributed by atoms with van der Waals surface area (Å²) in [5.74, 6) is -1.03. The molecule has 19 heavy (non-hydrogen) atoms. The maximum atomic E-state index is 11.8. The van der Waals surface area contributed by atoms with Crippen molar-refractivity contribution >= 4 is 21.7 Å². The van der Waals surface area contributed by atoms with E-state index in [0.717, 1.165) is 0 Å². The molecule has 2 heterocycles. The van der Waals surface area contributed by atoms with Gasteiger partial charge in [0.25, 0.3) is 11.8 Å². The minimum atomic E-state index is -3.03. The van der Waals surface area contributed by atoms with Gasteiger partial charge in [0.15, 0.2) is 9.84 Å². The first-order valence-electron chi connectivity index (χ1n) is 5.64. The van der Waals surface area contributed by atoms with E-state index in [1.165, 1.54) is 18.3 Å². The lowest BCUT2D eigenvalue weighted by atomic mass is 10.2. The molecule has 0 bridgehead atoms. The van der Waals surface area contributed by atoms with Crippen molar-refractivity contribution < 1.29 is 18.0 Å². The SMILES string of the molecule is NC(=O)c1ccc(C(=O)NC2CCS(=O)(=O)C2)cn1. The van der Waals surface area contributed by atoms with Gasteiger partial charge < -0.3 is 11.1 Å². The molecule has 0 radical (unpaired) electrons. The molecule has 1 aliphatic rings. The smallest absolute Gasteiger partial charge is 0.267 e. The highest BCUT2D eigenvalue weighted by molar-refractivity contribution is 7.91. The van der Waals surface area contributed by atoms with Crippen LogP contribution in [0.1, 0.15) is 27.3 Å². The van der Waals surface area contributed by atoms with E-state index < -0.39 is 21.7 Å². The van der Waals surface area contributed by atoms with Crippen LogP contribution in [0.25, 0.3) is 0 Å². The summed E-state index contributed by atoms with van der Waals surface area (Å²) in [7, 11) is -3.03. The van der Waals surface area contributed by atoms with Gasteiger partial charge in [-0.2, -0.15) is 0 Å². The van der Waals surface area contributed by atoms with Crippen molar-refractivity contribution in [1.29, 1.82) is 0 Å². The second kappa shape index (κ2) is 4.96. The number of primary amides is 1. The average molecular weight is 283 g/mol. The van der Waals surface area contributed by atoms with Crippen LogP contribution in [-0.4, -0.2) is 42.8 Å². The Morgan fingerprint density at radius 2 is 2.11 bits per heavy atom. The fourth-order valence-electron chi connectivity index (χ4n) is 1.85. The van der Waals surface area contributed by atoms with Crippen LogP contribution in [0.3, 0.4) is 0 Å². The maximum Gasteiger partial charge on any atom is 0.267 e. The number of amides is 2. The largest absolute Gasteiger partial charge is 0.364 e. The summed E-state index contributed by atoms with van der Waals surface area (Å²) in [6, 6.07) is 2.41. The number of hydrogen-bond donors (Lipinski definition) is 2. The Morgan fingerprint density at radius 1 is 1.37 bits per heavy atom. The molecular weight excluding hydrogens is 270 g/mol. The third-order valence-electron chi connectivity index (χ3n) is 2.85. The van der Waals surface area contributed by atoms with Gasteiger partial charge in [-0.25, -0.2) is 8.42 Å². The van der Waals surface area contributed by atoms with E-state index in [-0.39, 0.29) is 28.8 Å². The van der Waals surface area contributed by atoms with Crippen molar-refractivity contribution in [1.82, 2.24) is 10.3 Å². The van der Waals surface area contributed by atoms with Gasteiger partial charge in [0.05, 0.1) is 17.1 Å². The summed E-state index contributed by atoms with van der Waals surface area (Å²) in [4.78, 5) is 26.4. The fourth-order valence-corrected chi connectivity index (χ4v) is 3.52. The van der Waals surface area contributed by atoms with Gasteiger partial charge in [-0.15, -0.1) is 0 Å². The molecule has 0 spiro atoms. The van der Waals surface area contributed by atoms with E-state index in [1.54, 1.807) is 0 Å². The Balaban J connectivity index is 2.02. The van der Waals surface area contributed by atoms with E-state index in [4.69, 9.17) is 5.73 Å². The second-order valence-corrected chi connectivity index (χ2v) is 6.60. The standard InChI is InChI=1S/C11H13N3O4S/c12-10(15)9-2-1-7(5-13-9)11(16)14-8-3-4-19(17,18)6-8/h1-2,5,8H,3-4,6H2,(H2,12,15)(H,14,16). The van der Waals surface area contributed by atoms with Crippen molar-refractivity contribution in [2.45, 2.75) is 12.5 Å². The molecule has 1 atom stereocenters. The highest BCUT2D eigenvalue weighted by Crippen LogP contribution is 2.12. The number of nitrogens with zero attached hydrogens (tertiary/aromatic N) is 1. The van der Waals surface area contributed by atoms with Gasteiger partial charge in [0, 0.05) is 12.2 Å². The Labute approximate surface area is 110 Å². The molecular formula is C11H13N3O4S. The molecule has 1 fully saturated rings. The molecule has 1 aromatic heterocycles. The normalized spacial score (nSPS) is 20.9. The molecule has 8 heteroatoms. The van der Waals surface area contributed by atoms with Gasteiger partial charge >= 0.3 is 0 Å². The van der Waals surface area contributed by atoms with Crippen LogP contribution >= 0.6 is 0 Å². The van der Waals surface area contributed by atoms with Gasteiger partial charge in [-0.05, 0) is 18.6 Å². The summed E-state index contributed by atoms with van der Waals surface area (Å²) < 4.78 is 22.5. The first kappa shape index (κ1) is 13.5. The number of sulfone groups is 1. The highest BCUT2D eigenvalue weighted by Gasteiger charge is 2.29. The Hall–Kier alpha value is -1.96. The topological polar surface area (TPSA) is 119 Å². The first-order valence-corrected chi connectivity index (χ1v) is 7.47. The van der Waals surface area contributed by atoms with Crippen LogP contribution in [0, 0.1) is 0 Å². The Kier molecular flexibility index (Phi) is 3.52. The number of rotatable bonds is 3. The van der Waals surface area contributed by atoms with Gasteiger partial charge in [-0.3, -0.25) is 14.6 Å². The summed E-state index contributed by atoms with van der Waals surface area (Å²) in [5.41, 5.74) is 5.36. The van der Waals surface area contributed by atoms with Crippen LogP contribution in [0.5, 0.6) is 0 Å². The molecule has 2 rings (SSSR count). The lowest BCUT2D eigenvalue weighted by Crippen LogP contribution is -2.35. The highest BCUT2D eigenvalue weighted by atomic mass is 32.2. The van der Waals surface area contributed by atoms with E-state index in [0.29, 0.717) is 6.42 Å². The number of hydrogen-bond acceptors (Lipinski definition) is 5. The van der Waals surface area contributed by atoms with Crippen LogP contribution in [0.2, 0.25) is 0 Å². The van der Waals surface area contributed by atoms with E-state index in [9.17, 15) is 18.0 Å². The molecule has 0 aromatic carbocycles. The lowest BCUT2D eigenvalue weighted by Gasteiger charge is -2.10. The zero-order valence-electron chi connectivity index (χ0n) is 10.00. The lowest BCUT2D eigenvalue weighted by molar-refractivity contribution is 0.0937. The van der Waals surface area contributed by atoms with Gasteiger partial charge in [0.1, 0.15) is 5.69 Å². The summed E-state index contributed by atoms with van der Waals surface area (Å²) in [6.45, 7) is 0. The molecule has 2 amide bonds. The van der Waals surface area contributed by atoms with Crippen molar-refractivity contribution in [3.8, 4) is 0 Å². The number of aromatic nitrogens is 1. The summed E-state index contributed by atoms with van der Waals surface area (Å²) in [5, 5.41) is 2.63. The van der Waals surface area contributed by atoms with E-state index >= 15 is 0 Å². The van der Waals surface area contributed by atoms with Crippen LogP contribution in [0.4, 0.5) is 0 Å². The molecule has 1 saturated heterocycles. The molecule has 3 N–H and O–H groups in total. The number of nitrogens with one attached hydrogen (secondary N) is 1. The summed E-state index contributed by atoms with van der Waals surface area (Å²) >= 11 is 0. The molecule has 1 aliphatic heterocycles. The van der Waals surface area contributed by atoms with Crippen LogP contribution < -0.4 is 11.1 Å². The average Bonchev–Trinajstić information content (AvgIpc) is 2.68. The molecule has 1 aromatic rings. The van der Waals surface area contributed by atoms with Gasteiger partial charge in [-0.1, -0.05) is 0 Å². The minimum absolute atomic E-state index is 0.0362. The van der Waals surface area contributed by atoms with E-state index in [2.05, 4.69) is 10.3 Å². The summed E-state index contributed by atoms with van der Waals surface area (Å²) in [6.07, 6.45) is 1.65. The monoisotopic (exact) mass is 283 g/mol. The zero-order valence-corrected chi connectivity index (χ0v) is 10.8. The molecule has 7 nitrogen and oxygen atoms in total. The minimum Gasteiger partial charge on any atom is -0.364 e.